The second-order valence-electron chi connectivity index (χ2n) is 5.41. The van der Waals surface area contributed by atoms with Crippen molar-refractivity contribution in [3.8, 4) is 5.75 Å². The molecule has 92 valence electrons. The Balaban J connectivity index is 1.58. The van der Waals surface area contributed by atoms with E-state index in [1.165, 1.54) is 24.0 Å². The zero-order valence-corrected chi connectivity index (χ0v) is 10.2. The number of rotatable bonds is 3. The van der Waals surface area contributed by atoms with Crippen molar-refractivity contribution in [3.05, 3.63) is 29.3 Å². The molecule has 2 unspecified atom stereocenters. The quantitative estimate of drug-likeness (QED) is 0.868. The summed E-state index contributed by atoms with van der Waals surface area (Å²) in [6.07, 6.45) is 6.60. The van der Waals surface area contributed by atoms with E-state index in [1.54, 1.807) is 0 Å². The first-order chi connectivity index (χ1) is 8.31. The van der Waals surface area contributed by atoms with Gasteiger partial charge in [0.05, 0.1) is 12.7 Å². The van der Waals surface area contributed by atoms with E-state index in [2.05, 4.69) is 18.2 Å². The Morgan fingerprint density at radius 1 is 1.29 bits per heavy atom. The standard InChI is InChI=1S/C15H20O2/c16-14-5-3-12(10-14)2-1-11-4-6-15-13(9-11)7-8-17-15/h4,6,9,12,14,16H,1-3,5,7-8,10H2. The fourth-order valence-electron chi connectivity index (χ4n) is 3.08. The van der Waals surface area contributed by atoms with Gasteiger partial charge in [-0.3, -0.25) is 0 Å². The molecule has 3 rings (SSSR count). The summed E-state index contributed by atoms with van der Waals surface area (Å²) >= 11 is 0. The van der Waals surface area contributed by atoms with Crippen molar-refractivity contribution in [3.63, 3.8) is 0 Å². The Morgan fingerprint density at radius 3 is 3.06 bits per heavy atom. The third-order valence-electron chi connectivity index (χ3n) is 4.11. The highest BCUT2D eigenvalue weighted by Crippen LogP contribution is 2.31. The summed E-state index contributed by atoms with van der Waals surface area (Å²) < 4.78 is 5.51. The monoisotopic (exact) mass is 232 g/mol. The molecule has 0 amide bonds. The molecule has 1 aliphatic carbocycles. The zero-order chi connectivity index (χ0) is 11.7. The van der Waals surface area contributed by atoms with Gasteiger partial charge in [-0.15, -0.1) is 0 Å². The predicted octanol–water partition coefficient (Wildman–Crippen LogP) is 2.72. The molecule has 0 aromatic heterocycles. The van der Waals surface area contributed by atoms with Gasteiger partial charge in [-0.25, -0.2) is 0 Å². The second-order valence-corrected chi connectivity index (χ2v) is 5.41. The van der Waals surface area contributed by atoms with Crippen molar-refractivity contribution in [2.45, 2.75) is 44.6 Å². The maximum absolute atomic E-state index is 9.51. The summed E-state index contributed by atoms with van der Waals surface area (Å²) in [6, 6.07) is 6.60. The molecule has 1 aromatic carbocycles. The molecule has 1 saturated carbocycles. The first-order valence-electron chi connectivity index (χ1n) is 6.74. The number of ether oxygens (including phenoxy) is 1. The number of benzene rings is 1. The van der Waals surface area contributed by atoms with E-state index in [9.17, 15) is 5.11 Å². The van der Waals surface area contributed by atoms with Crippen molar-refractivity contribution in [2.24, 2.45) is 5.92 Å². The number of fused-ring (bicyclic) bond motifs is 1. The number of aliphatic hydroxyl groups is 1. The number of hydrogen-bond donors (Lipinski definition) is 1. The first kappa shape index (κ1) is 11.1. The molecule has 2 heteroatoms. The zero-order valence-electron chi connectivity index (χ0n) is 10.2. The van der Waals surface area contributed by atoms with Crippen LogP contribution in [0.4, 0.5) is 0 Å². The summed E-state index contributed by atoms with van der Waals surface area (Å²) in [5, 5.41) is 9.51. The molecule has 0 saturated heterocycles. The Hall–Kier alpha value is -1.02. The van der Waals surface area contributed by atoms with Gasteiger partial charge in [0.2, 0.25) is 0 Å². The van der Waals surface area contributed by atoms with E-state index >= 15 is 0 Å². The molecule has 17 heavy (non-hydrogen) atoms. The van der Waals surface area contributed by atoms with Crippen molar-refractivity contribution in [1.82, 2.24) is 0 Å². The van der Waals surface area contributed by atoms with E-state index in [1.807, 2.05) is 0 Å². The van der Waals surface area contributed by atoms with E-state index in [0.717, 1.165) is 44.0 Å². The molecule has 1 heterocycles. The molecule has 0 bridgehead atoms. The van der Waals surface area contributed by atoms with E-state index in [-0.39, 0.29) is 6.10 Å². The molecule has 0 radical (unpaired) electrons. The van der Waals surface area contributed by atoms with Crippen molar-refractivity contribution in [1.29, 1.82) is 0 Å². The van der Waals surface area contributed by atoms with Gasteiger partial charge in [0.1, 0.15) is 5.75 Å². The van der Waals surface area contributed by atoms with Crippen LogP contribution in [0, 0.1) is 5.92 Å². The molecule has 1 aromatic rings. The third-order valence-corrected chi connectivity index (χ3v) is 4.11. The highest BCUT2D eigenvalue weighted by molar-refractivity contribution is 5.39. The fraction of sp³-hybridized carbons (Fsp3) is 0.600. The van der Waals surface area contributed by atoms with Crippen molar-refractivity contribution < 1.29 is 9.84 Å². The van der Waals surface area contributed by atoms with Gasteiger partial charge in [0, 0.05) is 6.42 Å². The fourth-order valence-corrected chi connectivity index (χ4v) is 3.08. The molecule has 2 nitrogen and oxygen atoms in total. The van der Waals surface area contributed by atoms with Crippen LogP contribution in [-0.2, 0) is 12.8 Å². The lowest BCUT2D eigenvalue weighted by Gasteiger charge is -2.09. The molecule has 1 N–H and O–H groups in total. The van der Waals surface area contributed by atoms with Crippen LogP contribution in [0.1, 0.15) is 36.8 Å². The maximum Gasteiger partial charge on any atom is 0.122 e. The minimum Gasteiger partial charge on any atom is -0.493 e. The second kappa shape index (κ2) is 4.69. The van der Waals surface area contributed by atoms with Crippen LogP contribution in [0.2, 0.25) is 0 Å². The first-order valence-corrected chi connectivity index (χ1v) is 6.74. The minimum absolute atomic E-state index is 0.0339. The van der Waals surface area contributed by atoms with Crippen LogP contribution in [0.25, 0.3) is 0 Å². The lowest BCUT2D eigenvalue weighted by Crippen LogP contribution is -2.01. The van der Waals surface area contributed by atoms with Gasteiger partial charge >= 0.3 is 0 Å². The number of aliphatic hydroxyl groups excluding tert-OH is 1. The minimum atomic E-state index is -0.0339. The summed E-state index contributed by atoms with van der Waals surface area (Å²) in [6.45, 7) is 0.841. The van der Waals surface area contributed by atoms with Crippen LogP contribution < -0.4 is 4.74 Å². The molecule has 0 spiro atoms. The van der Waals surface area contributed by atoms with Crippen LogP contribution >= 0.6 is 0 Å². The van der Waals surface area contributed by atoms with Crippen molar-refractivity contribution in [2.75, 3.05) is 6.61 Å². The smallest absolute Gasteiger partial charge is 0.122 e. The molecule has 2 aliphatic rings. The van der Waals surface area contributed by atoms with Gasteiger partial charge in [-0.1, -0.05) is 12.1 Å². The molecule has 1 fully saturated rings. The normalized spacial score (nSPS) is 26.9. The Labute approximate surface area is 103 Å². The van der Waals surface area contributed by atoms with Crippen LogP contribution in [0.15, 0.2) is 18.2 Å². The Bertz CT molecular complexity index is 400. The largest absolute Gasteiger partial charge is 0.493 e. The summed E-state index contributed by atoms with van der Waals surface area (Å²) in [5.41, 5.74) is 2.80. The molecular weight excluding hydrogens is 212 g/mol. The van der Waals surface area contributed by atoms with Gasteiger partial charge in [-0.05, 0) is 55.2 Å². The van der Waals surface area contributed by atoms with Gasteiger partial charge in [0.15, 0.2) is 0 Å². The predicted molar refractivity (Wildman–Crippen MR) is 67.3 cm³/mol. The number of aryl methyl sites for hydroxylation is 1. The SMILES string of the molecule is OC1CCC(CCc2ccc3c(c2)CCO3)C1. The third kappa shape index (κ3) is 2.47. The Kier molecular flexibility index (Phi) is 3.06. The van der Waals surface area contributed by atoms with E-state index in [0.29, 0.717) is 0 Å². The maximum atomic E-state index is 9.51. The highest BCUT2D eigenvalue weighted by Gasteiger charge is 2.22. The van der Waals surface area contributed by atoms with E-state index < -0.39 is 0 Å². The summed E-state index contributed by atoms with van der Waals surface area (Å²) in [7, 11) is 0. The van der Waals surface area contributed by atoms with E-state index in [4.69, 9.17) is 4.74 Å². The van der Waals surface area contributed by atoms with Crippen LogP contribution in [-0.4, -0.2) is 17.8 Å². The Morgan fingerprint density at radius 2 is 2.24 bits per heavy atom. The van der Waals surface area contributed by atoms with Gasteiger partial charge < -0.3 is 9.84 Å². The molecule has 1 aliphatic heterocycles. The van der Waals surface area contributed by atoms with Crippen LogP contribution in [0.3, 0.4) is 0 Å². The highest BCUT2D eigenvalue weighted by atomic mass is 16.5. The van der Waals surface area contributed by atoms with Gasteiger partial charge in [-0.2, -0.15) is 0 Å². The molecule has 2 atom stereocenters. The summed E-state index contributed by atoms with van der Waals surface area (Å²) in [4.78, 5) is 0. The topological polar surface area (TPSA) is 29.5 Å². The van der Waals surface area contributed by atoms with Crippen LogP contribution in [0.5, 0.6) is 5.75 Å². The van der Waals surface area contributed by atoms with Crippen molar-refractivity contribution >= 4 is 0 Å². The number of hydrogen-bond acceptors (Lipinski definition) is 2. The molecular formula is C15H20O2. The van der Waals surface area contributed by atoms with Gasteiger partial charge in [0.25, 0.3) is 0 Å². The summed E-state index contributed by atoms with van der Waals surface area (Å²) in [5.74, 6) is 1.81. The lowest BCUT2D eigenvalue weighted by molar-refractivity contribution is 0.177. The average molecular weight is 232 g/mol. The lowest BCUT2D eigenvalue weighted by atomic mass is 9.97. The average Bonchev–Trinajstić information content (AvgIpc) is 2.94.